The minimum Gasteiger partial charge on any atom is -0.481 e. The topological polar surface area (TPSA) is 69.6 Å². The summed E-state index contributed by atoms with van der Waals surface area (Å²) in [4.78, 5) is 25.5. The van der Waals surface area contributed by atoms with Gasteiger partial charge in [0, 0.05) is 30.6 Å². The molecule has 0 aromatic heterocycles. The smallest absolute Gasteiger partial charge is 0.303 e. The lowest BCUT2D eigenvalue weighted by molar-refractivity contribution is -0.137. The Morgan fingerprint density at radius 1 is 1.00 bits per heavy atom. The van der Waals surface area contributed by atoms with Gasteiger partial charge in [-0.15, -0.1) is 0 Å². The van der Waals surface area contributed by atoms with Crippen LogP contribution in [0.15, 0.2) is 54.6 Å². The van der Waals surface area contributed by atoms with Gasteiger partial charge >= 0.3 is 5.97 Å². The predicted octanol–water partition coefficient (Wildman–Crippen LogP) is 3.69. The highest BCUT2D eigenvalue weighted by molar-refractivity contribution is 5.94. The first-order valence-corrected chi connectivity index (χ1v) is 9.11. The number of amides is 1. The summed E-state index contributed by atoms with van der Waals surface area (Å²) >= 11 is 0. The molecule has 0 fully saturated rings. The zero-order valence-electron chi connectivity index (χ0n) is 16.2. The van der Waals surface area contributed by atoms with Crippen molar-refractivity contribution in [2.45, 2.75) is 45.3 Å². The number of nitrogens with one attached hydrogen (secondary N) is 1. The van der Waals surface area contributed by atoms with E-state index in [1.807, 2.05) is 50.2 Å². The van der Waals surface area contributed by atoms with Gasteiger partial charge in [-0.05, 0) is 50.6 Å². The van der Waals surface area contributed by atoms with E-state index in [-0.39, 0.29) is 12.3 Å². The lowest BCUT2D eigenvalue weighted by Gasteiger charge is -2.26. The SMILES string of the molecule is CN(Cc1ccccc1)Cc1cccc(C(=O)NC(C)(C)CCC(=O)O)c1. The van der Waals surface area contributed by atoms with Crippen LogP contribution in [0.5, 0.6) is 0 Å². The van der Waals surface area contributed by atoms with Crippen LogP contribution in [0.3, 0.4) is 0 Å². The molecule has 0 radical (unpaired) electrons. The van der Waals surface area contributed by atoms with Crippen LogP contribution >= 0.6 is 0 Å². The Kier molecular flexibility index (Phi) is 7.13. The first-order valence-electron chi connectivity index (χ1n) is 9.11. The van der Waals surface area contributed by atoms with Gasteiger partial charge in [0.05, 0.1) is 0 Å². The Hall–Kier alpha value is -2.66. The summed E-state index contributed by atoms with van der Waals surface area (Å²) in [6, 6.07) is 17.8. The molecule has 0 atom stereocenters. The highest BCUT2D eigenvalue weighted by atomic mass is 16.4. The number of carboxylic acid groups (broad SMARTS) is 1. The van der Waals surface area contributed by atoms with E-state index < -0.39 is 11.5 Å². The molecule has 0 aliphatic heterocycles. The van der Waals surface area contributed by atoms with Gasteiger partial charge in [0.25, 0.3) is 5.91 Å². The molecule has 0 heterocycles. The number of nitrogens with zero attached hydrogens (tertiary/aromatic N) is 1. The average Bonchev–Trinajstić information content (AvgIpc) is 2.61. The molecule has 2 aromatic rings. The largest absolute Gasteiger partial charge is 0.481 e. The summed E-state index contributed by atoms with van der Waals surface area (Å²) in [6.07, 6.45) is 0.408. The van der Waals surface area contributed by atoms with Crippen LogP contribution in [0.2, 0.25) is 0 Å². The molecule has 27 heavy (non-hydrogen) atoms. The van der Waals surface area contributed by atoms with Gasteiger partial charge in [0.1, 0.15) is 0 Å². The zero-order valence-corrected chi connectivity index (χ0v) is 16.2. The normalized spacial score (nSPS) is 11.4. The highest BCUT2D eigenvalue weighted by Gasteiger charge is 2.22. The molecule has 0 spiro atoms. The van der Waals surface area contributed by atoms with Gasteiger partial charge in [0.15, 0.2) is 0 Å². The van der Waals surface area contributed by atoms with Crippen LogP contribution in [0, 0.1) is 0 Å². The second-order valence-electron chi connectivity index (χ2n) is 7.59. The van der Waals surface area contributed by atoms with Gasteiger partial charge in [0.2, 0.25) is 0 Å². The van der Waals surface area contributed by atoms with Crippen molar-refractivity contribution in [2.24, 2.45) is 0 Å². The number of hydrogen-bond donors (Lipinski definition) is 2. The Morgan fingerprint density at radius 2 is 1.63 bits per heavy atom. The molecule has 0 aliphatic carbocycles. The Morgan fingerprint density at radius 3 is 2.30 bits per heavy atom. The molecule has 144 valence electrons. The third kappa shape index (κ3) is 7.23. The molecule has 0 bridgehead atoms. The summed E-state index contributed by atoms with van der Waals surface area (Å²) in [7, 11) is 2.05. The number of rotatable bonds is 9. The average molecular weight is 368 g/mol. The van der Waals surface area contributed by atoms with Crippen LogP contribution in [0.4, 0.5) is 0 Å². The second-order valence-corrected chi connectivity index (χ2v) is 7.59. The second kappa shape index (κ2) is 9.33. The number of carboxylic acids is 1. The fourth-order valence-corrected chi connectivity index (χ4v) is 2.94. The maximum Gasteiger partial charge on any atom is 0.303 e. The third-order valence-electron chi connectivity index (χ3n) is 4.35. The third-order valence-corrected chi connectivity index (χ3v) is 4.35. The molecule has 1 amide bonds. The van der Waals surface area contributed by atoms with Crippen molar-refractivity contribution >= 4 is 11.9 Å². The van der Waals surface area contributed by atoms with Crippen LogP contribution in [0.1, 0.15) is 48.2 Å². The van der Waals surface area contributed by atoms with Gasteiger partial charge in [-0.1, -0.05) is 42.5 Å². The number of carbonyl (C=O) groups is 2. The summed E-state index contributed by atoms with van der Waals surface area (Å²) in [6.45, 7) is 5.24. The van der Waals surface area contributed by atoms with Crippen LogP contribution < -0.4 is 5.32 Å². The van der Waals surface area contributed by atoms with Crippen molar-refractivity contribution in [1.82, 2.24) is 10.2 Å². The lowest BCUT2D eigenvalue weighted by Crippen LogP contribution is -2.43. The monoisotopic (exact) mass is 368 g/mol. The Balaban J connectivity index is 1.97. The molecule has 2 N–H and O–H groups in total. The van der Waals surface area contributed by atoms with E-state index in [0.29, 0.717) is 12.0 Å². The van der Waals surface area contributed by atoms with Crippen LogP contribution in [-0.4, -0.2) is 34.5 Å². The molecule has 2 rings (SSSR count). The lowest BCUT2D eigenvalue weighted by atomic mass is 9.97. The molecule has 5 nitrogen and oxygen atoms in total. The highest BCUT2D eigenvalue weighted by Crippen LogP contribution is 2.15. The summed E-state index contributed by atoms with van der Waals surface area (Å²) in [5.74, 6) is -1.04. The fourth-order valence-electron chi connectivity index (χ4n) is 2.94. The van der Waals surface area contributed by atoms with Crippen molar-refractivity contribution < 1.29 is 14.7 Å². The van der Waals surface area contributed by atoms with Gasteiger partial charge in [-0.25, -0.2) is 0 Å². The maximum atomic E-state index is 12.6. The molecular formula is C22H28N2O3. The van der Waals surface area contributed by atoms with Crippen LogP contribution in [0.25, 0.3) is 0 Å². The summed E-state index contributed by atoms with van der Waals surface area (Å²) < 4.78 is 0. The number of aliphatic carboxylic acids is 1. The van der Waals surface area contributed by atoms with E-state index >= 15 is 0 Å². The van der Waals surface area contributed by atoms with E-state index in [0.717, 1.165) is 18.7 Å². The Labute approximate surface area is 161 Å². The molecule has 0 unspecified atom stereocenters. The molecular weight excluding hydrogens is 340 g/mol. The van der Waals surface area contributed by atoms with E-state index in [1.54, 1.807) is 6.07 Å². The van der Waals surface area contributed by atoms with Gasteiger partial charge in [-0.2, -0.15) is 0 Å². The van der Waals surface area contributed by atoms with E-state index in [2.05, 4.69) is 29.4 Å². The maximum absolute atomic E-state index is 12.6. The van der Waals surface area contributed by atoms with Crippen molar-refractivity contribution in [1.29, 1.82) is 0 Å². The molecule has 2 aromatic carbocycles. The van der Waals surface area contributed by atoms with Crippen molar-refractivity contribution in [3.63, 3.8) is 0 Å². The summed E-state index contributed by atoms with van der Waals surface area (Å²) in [5.41, 5.74) is 2.32. The van der Waals surface area contributed by atoms with E-state index in [4.69, 9.17) is 5.11 Å². The quantitative estimate of drug-likeness (QED) is 0.708. The molecule has 0 saturated heterocycles. The molecule has 0 saturated carbocycles. The minimum atomic E-state index is -0.860. The first-order chi connectivity index (χ1) is 12.7. The summed E-state index contributed by atoms with van der Waals surface area (Å²) in [5, 5.41) is 11.8. The van der Waals surface area contributed by atoms with Gasteiger partial charge < -0.3 is 10.4 Å². The van der Waals surface area contributed by atoms with E-state index in [9.17, 15) is 9.59 Å². The van der Waals surface area contributed by atoms with Crippen LogP contribution in [-0.2, 0) is 17.9 Å². The molecule has 5 heteroatoms. The molecule has 0 aliphatic rings. The van der Waals surface area contributed by atoms with Gasteiger partial charge in [-0.3, -0.25) is 14.5 Å². The zero-order chi connectivity index (χ0) is 19.9. The van der Waals surface area contributed by atoms with Crippen molar-refractivity contribution in [2.75, 3.05) is 7.05 Å². The van der Waals surface area contributed by atoms with Crippen molar-refractivity contribution in [3.05, 3.63) is 71.3 Å². The van der Waals surface area contributed by atoms with Crippen molar-refractivity contribution in [3.8, 4) is 0 Å². The predicted molar refractivity (Wildman–Crippen MR) is 106 cm³/mol. The first kappa shape index (κ1) is 20.6. The fraction of sp³-hybridized carbons (Fsp3) is 0.364. The number of carbonyl (C=O) groups excluding carboxylic acids is 1. The minimum absolute atomic E-state index is 0.0254. The Bertz CT molecular complexity index is 772. The standard InChI is InChI=1S/C22H28N2O3/c1-22(2,13-12-20(25)26)23-21(27)19-11-7-10-18(14-19)16-24(3)15-17-8-5-4-6-9-17/h4-11,14H,12-13,15-16H2,1-3H3,(H,23,27)(H,25,26). The number of benzene rings is 2. The number of hydrogen-bond acceptors (Lipinski definition) is 3. The van der Waals surface area contributed by atoms with E-state index in [1.165, 1.54) is 5.56 Å².